The fourth-order valence-electron chi connectivity index (χ4n) is 2.30. The molecule has 1 atom stereocenters. The van der Waals surface area contributed by atoms with Crippen LogP contribution in [-0.2, 0) is 0 Å². The number of hydrogen-bond donors (Lipinski definition) is 2. The number of nitrogens with one attached hydrogen (secondary N) is 2. The number of likely N-dealkylation sites (N-methyl/N-ethyl adjacent to an activating group) is 1. The molecule has 5 heteroatoms. The molecule has 0 aliphatic heterocycles. The van der Waals surface area contributed by atoms with Crippen LogP contribution in [0.5, 0.6) is 0 Å². The van der Waals surface area contributed by atoms with Gasteiger partial charge in [-0.2, -0.15) is 0 Å². The van der Waals surface area contributed by atoms with Crippen LogP contribution in [0, 0.1) is 0 Å². The van der Waals surface area contributed by atoms with Crippen molar-refractivity contribution in [3.8, 4) is 0 Å². The molecule has 116 valence electrons. The molecule has 2 rings (SSSR count). The third kappa shape index (κ3) is 4.32. The monoisotopic (exact) mass is 381 g/mol. The molecule has 0 bridgehead atoms. The van der Waals surface area contributed by atoms with Gasteiger partial charge >= 0.3 is 0 Å². The van der Waals surface area contributed by atoms with Crippen LogP contribution in [0.15, 0.2) is 53.0 Å². The highest BCUT2D eigenvalue weighted by molar-refractivity contribution is 9.10. The summed E-state index contributed by atoms with van der Waals surface area (Å²) >= 11 is 9.46. The number of halogens is 2. The lowest BCUT2D eigenvalue weighted by molar-refractivity contribution is -0.890. The number of carbonyl (C=O) groups is 1. The lowest BCUT2D eigenvalue weighted by Gasteiger charge is -2.22. The van der Waals surface area contributed by atoms with E-state index in [2.05, 4.69) is 47.5 Å². The Balaban J connectivity index is 2.10. The van der Waals surface area contributed by atoms with Crippen molar-refractivity contribution in [1.29, 1.82) is 0 Å². The molecule has 0 saturated carbocycles. The van der Waals surface area contributed by atoms with Crippen LogP contribution in [0.25, 0.3) is 0 Å². The Morgan fingerprint density at radius 3 is 2.55 bits per heavy atom. The topological polar surface area (TPSA) is 33.5 Å². The lowest BCUT2D eigenvalue weighted by Crippen LogP contribution is -3.07. The second-order valence-corrected chi connectivity index (χ2v) is 6.70. The SMILES string of the molecule is C[NH+](C)[C@H](CNC(=O)c1cc(Br)ccc1Cl)c1ccccc1. The zero-order chi connectivity index (χ0) is 16.1. The summed E-state index contributed by atoms with van der Waals surface area (Å²) in [5.41, 5.74) is 1.68. The predicted molar refractivity (Wildman–Crippen MR) is 93.5 cm³/mol. The maximum atomic E-state index is 12.4. The van der Waals surface area contributed by atoms with E-state index in [4.69, 9.17) is 11.6 Å². The molecule has 0 heterocycles. The number of amides is 1. The van der Waals surface area contributed by atoms with Crippen molar-refractivity contribution in [2.45, 2.75) is 6.04 Å². The van der Waals surface area contributed by atoms with E-state index in [9.17, 15) is 4.79 Å². The minimum absolute atomic E-state index is 0.159. The summed E-state index contributed by atoms with van der Waals surface area (Å²) in [5.74, 6) is -0.159. The van der Waals surface area contributed by atoms with Crippen molar-refractivity contribution in [2.75, 3.05) is 20.6 Å². The zero-order valence-corrected chi connectivity index (χ0v) is 14.9. The number of hydrogen-bond acceptors (Lipinski definition) is 1. The van der Waals surface area contributed by atoms with E-state index < -0.39 is 0 Å². The normalized spacial score (nSPS) is 12.2. The molecular formula is C17H19BrClN2O+. The highest BCUT2D eigenvalue weighted by Gasteiger charge is 2.19. The first kappa shape index (κ1) is 17.0. The minimum Gasteiger partial charge on any atom is -0.346 e. The number of benzene rings is 2. The largest absolute Gasteiger partial charge is 0.346 e. The lowest BCUT2D eigenvalue weighted by atomic mass is 10.1. The van der Waals surface area contributed by atoms with E-state index in [1.54, 1.807) is 12.1 Å². The molecule has 2 aromatic carbocycles. The smallest absolute Gasteiger partial charge is 0.253 e. The van der Waals surface area contributed by atoms with Gasteiger partial charge in [0.05, 0.1) is 31.2 Å². The van der Waals surface area contributed by atoms with Crippen LogP contribution in [0.2, 0.25) is 5.02 Å². The van der Waals surface area contributed by atoms with Crippen LogP contribution in [0.4, 0.5) is 0 Å². The summed E-state index contributed by atoms with van der Waals surface area (Å²) in [7, 11) is 4.16. The molecule has 0 fully saturated rings. The summed E-state index contributed by atoms with van der Waals surface area (Å²) < 4.78 is 0.833. The Labute approximate surface area is 144 Å². The van der Waals surface area contributed by atoms with Crippen LogP contribution in [-0.4, -0.2) is 26.5 Å². The summed E-state index contributed by atoms with van der Waals surface area (Å²) in [6, 6.07) is 15.6. The van der Waals surface area contributed by atoms with Crippen molar-refractivity contribution < 1.29 is 9.69 Å². The molecule has 1 amide bonds. The van der Waals surface area contributed by atoms with E-state index in [-0.39, 0.29) is 11.9 Å². The van der Waals surface area contributed by atoms with E-state index in [0.29, 0.717) is 17.1 Å². The van der Waals surface area contributed by atoms with Gasteiger partial charge in [-0.1, -0.05) is 57.9 Å². The standard InChI is InChI=1S/C17H18BrClN2O/c1-21(2)16(12-6-4-3-5-7-12)11-20-17(22)14-10-13(18)8-9-15(14)19/h3-10,16H,11H2,1-2H3,(H,20,22)/p+1/t16-/m1/s1. The highest BCUT2D eigenvalue weighted by atomic mass is 79.9. The molecule has 0 aliphatic rings. The van der Waals surface area contributed by atoms with E-state index in [1.807, 2.05) is 24.3 Å². The van der Waals surface area contributed by atoms with Crippen LogP contribution < -0.4 is 10.2 Å². The second-order valence-electron chi connectivity index (χ2n) is 5.37. The number of carbonyl (C=O) groups excluding carboxylic acids is 1. The number of rotatable bonds is 5. The molecule has 0 aliphatic carbocycles. The van der Waals surface area contributed by atoms with Crippen LogP contribution >= 0.6 is 27.5 Å². The Hall–Kier alpha value is -1.36. The quantitative estimate of drug-likeness (QED) is 0.819. The highest BCUT2D eigenvalue weighted by Crippen LogP contribution is 2.21. The third-order valence-corrected chi connectivity index (χ3v) is 4.36. The fraction of sp³-hybridized carbons (Fsp3) is 0.235. The van der Waals surface area contributed by atoms with E-state index in [0.717, 1.165) is 4.47 Å². The van der Waals surface area contributed by atoms with Gasteiger partial charge in [-0.05, 0) is 18.2 Å². The first-order valence-corrected chi connectivity index (χ1v) is 8.24. The average molecular weight is 383 g/mol. The first-order valence-electron chi connectivity index (χ1n) is 7.07. The Morgan fingerprint density at radius 1 is 1.23 bits per heavy atom. The minimum atomic E-state index is -0.159. The average Bonchev–Trinajstić information content (AvgIpc) is 2.50. The molecular weight excluding hydrogens is 364 g/mol. The predicted octanol–water partition coefficient (Wildman–Crippen LogP) is 2.72. The fourth-order valence-corrected chi connectivity index (χ4v) is 2.87. The summed E-state index contributed by atoms with van der Waals surface area (Å²) in [6.45, 7) is 0.550. The Kier molecular flexibility index (Phi) is 6.00. The van der Waals surface area contributed by atoms with Crippen molar-refractivity contribution in [3.05, 3.63) is 69.2 Å². The second kappa shape index (κ2) is 7.77. The van der Waals surface area contributed by atoms with Crippen LogP contribution in [0.1, 0.15) is 22.0 Å². The van der Waals surface area contributed by atoms with Gasteiger partial charge in [0.2, 0.25) is 0 Å². The van der Waals surface area contributed by atoms with Gasteiger partial charge in [0.25, 0.3) is 5.91 Å². The van der Waals surface area contributed by atoms with Gasteiger partial charge in [-0.15, -0.1) is 0 Å². The van der Waals surface area contributed by atoms with E-state index in [1.165, 1.54) is 10.5 Å². The van der Waals surface area contributed by atoms with Gasteiger partial charge in [0.1, 0.15) is 6.04 Å². The maximum Gasteiger partial charge on any atom is 0.253 e. The van der Waals surface area contributed by atoms with Crippen LogP contribution in [0.3, 0.4) is 0 Å². The molecule has 22 heavy (non-hydrogen) atoms. The van der Waals surface area contributed by atoms with E-state index >= 15 is 0 Å². The molecule has 0 aromatic heterocycles. The van der Waals surface area contributed by atoms with Gasteiger partial charge in [0, 0.05) is 10.0 Å². The summed E-state index contributed by atoms with van der Waals surface area (Å²) in [5, 5.41) is 3.43. The molecule has 3 nitrogen and oxygen atoms in total. The Bertz CT molecular complexity index is 646. The molecule has 0 spiro atoms. The first-order chi connectivity index (χ1) is 10.5. The van der Waals surface area contributed by atoms with Crippen molar-refractivity contribution >= 4 is 33.4 Å². The summed E-state index contributed by atoms with van der Waals surface area (Å²) in [6.07, 6.45) is 0. The molecule has 0 unspecified atom stereocenters. The third-order valence-electron chi connectivity index (χ3n) is 3.54. The van der Waals surface area contributed by atoms with Gasteiger partial charge in [-0.3, -0.25) is 4.79 Å². The number of quaternary nitrogens is 1. The van der Waals surface area contributed by atoms with Crippen molar-refractivity contribution in [3.63, 3.8) is 0 Å². The van der Waals surface area contributed by atoms with Gasteiger partial charge < -0.3 is 10.2 Å². The van der Waals surface area contributed by atoms with Gasteiger partial charge in [-0.25, -0.2) is 0 Å². The molecule has 2 aromatic rings. The van der Waals surface area contributed by atoms with Crippen molar-refractivity contribution in [1.82, 2.24) is 5.32 Å². The maximum absolute atomic E-state index is 12.4. The van der Waals surface area contributed by atoms with Gasteiger partial charge in [0.15, 0.2) is 0 Å². The zero-order valence-electron chi connectivity index (χ0n) is 12.6. The summed E-state index contributed by atoms with van der Waals surface area (Å²) in [4.78, 5) is 13.6. The molecule has 2 N–H and O–H groups in total. The van der Waals surface area contributed by atoms with Crippen molar-refractivity contribution in [2.24, 2.45) is 0 Å². The Morgan fingerprint density at radius 2 is 1.91 bits per heavy atom. The molecule has 0 saturated heterocycles. The molecule has 0 radical (unpaired) electrons.